The maximum atomic E-state index is 14.1. The molecule has 0 radical (unpaired) electrons. The number of aliphatic hydroxyl groups excluding tert-OH is 1. The molecular formula is C28H41N3O4. The fourth-order valence-corrected chi connectivity index (χ4v) is 5.96. The number of hydrogen-bond acceptors (Lipinski definition) is 4. The molecule has 2 aliphatic rings. The molecule has 1 fully saturated rings. The van der Waals surface area contributed by atoms with Crippen LogP contribution in [0.4, 0.5) is 5.69 Å². The van der Waals surface area contributed by atoms with E-state index in [0.717, 1.165) is 36.1 Å². The summed E-state index contributed by atoms with van der Waals surface area (Å²) in [5.41, 5.74) is 2.62. The molecule has 0 spiro atoms. The van der Waals surface area contributed by atoms with E-state index < -0.39 is 29.8 Å². The zero-order chi connectivity index (χ0) is 25.9. The Morgan fingerprint density at radius 2 is 1.77 bits per heavy atom. The number of carbonyl (C=O) groups excluding carboxylic acids is 3. The van der Waals surface area contributed by atoms with Crippen molar-refractivity contribution in [3.63, 3.8) is 0 Å². The lowest BCUT2D eigenvalue weighted by Crippen LogP contribution is -2.52. The van der Waals surface area contributed by atoms with Crippen LogP contribution >= 0.6 is 0 Å². The topological polar surface area (TPSA) is 98.7 Å². The minimum absolute atomic E-state index is 0.00605. The number of nitrogens with one attached hydrogen (secondary N) is 2. The highest BCUT2D eigenvalue weighted by Crippen LogP contribution is 2.46. The molecule has 1 saturated heterocycles. The Balaban J connectivity index is 2.10. The molecular weight excluding hydrogens is 442 g/mol. The van der Waals surface area contributed by atoms with Crippen LogP contribution in [0, 0.1) is 43.4 Å². The van der Waals surface area contributed by atoms with Gasteiger partial charge < -0.3 is 20.6 Å². The lowest BCUT2D eigenvalue weighted by molar-refractivity contribution is -0.143. The molecule has 1 aromatic carbocycles. The van der Waals surface area contributed by atoms with Gasteiger partial charge in [0.2, 0.25) is 17.7 Å². The Labute approximate surface area is 209 Å². The van der Waals surface area contributed by atoms with Crippen molar-refractivity contribution in [3.05, 3.63) is 41.5 Å². The number of anilines is 1. The number of hydrogen-bond donors (Lipinski definition) is 3. The van der Waals surface area contributed by atoms with Crippen molar-refractivity contribution in [3.8, 4) is 0 Å². The van der Waals surface area contributed by atoms with E-state index in [2.05, 4.69) is 17.6 Å². The van der Waals surface area contributed by atoms with Crippen molar-refractivity contribution in [2.45, 2.75) is 66.0 Å². The predicted molar refractivity (Wildman–Crippen MR) is 138 cm³/mol. The van der Waals surface area contributed by atoms with Crippen LogP contribution in [-0.2, 0) is 14.4 Å². The third-order valence-electron chi connectivity index (χ3n) is 8.06. The third kappa shape index (κ3) is 5.01. The van der Waals surface area contributed by atoms with Crippen LogP contribution in [0.1, 0.15) is 51.2 Å². The van der Waals surface area contributed by atoms with Crippen LogP contribution in [0.3, 0.4) is 0 Å². The Bertz CT molecular complexity index is 955. The maximum absolute atomic E-state index is 14.1. The smallest absolute Gasteiger partial charge is 0.247 e. The van der Waals surface area contributed by atoms with Gasteiger partial charge >= 0.3 is 0 Å². The van der Waals surface area contributed by atoms with Crippen LogP contribution in [0.5, 0.6) is 0 Å². The van der Waals surface area contributed by atoms with Crippen LogP contribution in [-0.4, -0.2) is 53.5 Å². The second-order valence-corrected chi connectivity index (χ2v) is 10.2. The molecule has 1 aliphatic carbocycles. The highest BCUT2D eigenvalue weighted by Gasteiger charge is 2.58. The summed E-state index contributed by atoms with van der Waals surface area (Å²) in [6.45, 7) is 9.71. The molecule has 192 valence electrons. The summed E-state index contributed by atoms with van der Waals surface area (Å²) in [5, 5.41) is 16.2. The fraction of sp³-hybridized carbons (Fsp3) is 0.607. The molecule has 0 aromatic heterocycles. The van der Waals surface area contributed by atoms with Crippen molar-refractivity contribution in [1.29, 1.82) is 0 Å². The van der Waals surface area contributed by atoms with E-state index in [-0.39, 0.29) is 36.2 Å². The second-order valence-electron chi connectivity index (χ2n) is 10.2. The molecule has 7 atom stereocenters. The van der Waals surface area contributed by atoms with Gasteiger partial charge in [-0.1, -0.05) is 64.0 Å². The van der Waals surface area contributed by atoms with Gasteiger partial charge in [0.15, 0.2) is 0 Å². The molecule has 3 rings (SSSR count). The largest absolute Gasteiger partial charge is 0.394 e. The average Bonchev–Trinajstić information content (AvgIpc) is 3.13. The van der Waals surface area contributed by atoms with Gasteiger partial charge in [0.1, 0.15) is 6.04 Å². The van der Waals surface area contributed by atoms with Crippen LogP contribution in [0.2, 0.25) is 0 Å². The number of aryl methyl sites for hydroxylation is 2. The number of carbonyl (C=O) groups is 3. The van der Waals surface area contributed by atoms with Crippen LogP contribution in [0.25, 0.3) is 0 Å². The van der Waals surface area contributed by atoms with E-state index in [1.54, 1.807) is 11.9 Å². The van der Waals surface area contributed by atoms with Gasteiger partial charge in [-0.3, -0.25) is 14.4 Å². The molecule has 7 heteroatoms. The quantitative estimate of drug-likeness (QED) is 0.469. The first-order valence-electron chi connectivity index (χ1n) is 12.9. The van der Waals surface area contributed by atoms with E-state index in [1.807, 2.05) is 58.0 Å². The maximum Gasteiger partial charge on any atom is 0.247 e. The highest BCUT2D eigenvalue weighted by molar-refractivity contribution is 6.02. The molecule has 0 bridgehead atoms. The van der Waals surface area contributed by atoms with E-state index in [1.165, 1.54) is 0 Å². The Morgan fingerprint density at radius 1 is 1.11 bits per heavy atom. The first-order valence-corrected chi connectivity index (χ1v) is 12.9. The lowest BCUT2D eigenvalue weighted by atomic mass is 9.68. The number of aliphatic hydroxyl groups is 1. The molecule has 1 aromatic rings. The molecule has 7 nitrogen and oxygen atoms in total. The molecule has 0 saturated carbocycles. The number of rotatable bonds is 9. The Kier molecular flexibility index (Phi) is 8.75. The van der Waals surface area contributed by atoms with E-state index >= 15 is 0 Å². The summed E-state index contributed by atoms with van der Waals surface area (Å²) in [5.74, 6) is -2.36. The van der Waals surface area contributed by atoms with Gasteiger partial charge in [0.05, 0.1) is 24.5 Å². The monoisotopic (exact) mass is 483 g/mol. The average molecular weight is 484 g/mol. The number of likely N-dealkylation sites (tertiary alicyclic amines) is 1. The van der Waals surface area contributed by atoms with Gasteiger partial charge in [-0.15, -0.1) is 0 Å². The normalized spacial score (nSPS) is 27.3. The van der Waals surface area contributed by atoms with Gasteiger partial charge in [0.25, 0.3) is 0 Å². The van der Waals surface area contributed by atoms with Gasteiger partial charge in [-0.2, -0.15) is 0 Å². The molecule has 3 amide bonds. The zero-order valence-corrected chi connectivity index (χ0v) is 21.9. The number of fused-ring (bicyclic) bond motifs is 1. The minimum atomic E-state index is -0.802. The number of para-hydroxylation sites is 1. The first-order chi connectivity index (χ1) is 16.7. The number of amides is 3. The van der Waals surface area contributed by atoms with Crippen LogP contribution in [0.15, 0.2) is 30.4 Å². The molecule has 35 heavy (non-hydrogen) atoms. The minimum Gasteiger partial charge on any atom is -0.394 e. The summed E-state index contributed by atoms with van der Waals surface area (Å²) in [7, 11) is 1.59. The number of nitrogens with zero attached hydrogens (tertiary/aromatic N) is 1. The fourth-order valence-electron chi connectivity index (χ4n) is 5.96. The third-order valence-corrected chi connectivity index (χ3v) is 8.06. The van der Waals surface area contributed by atoms with E-state index in [0.29, 0.717) is 0 Å². The first kappa shape index (κ1) is 26.9. The van der Waals surface area contributed by atoms with Gasteiger partial charge in [0, 0.05) is 18.7 Å². The number of allylic oxidation sites excluding steroid dienone is 1. The standard InChI is InChI=1S/C28H41N3O4/c1-7-10-19-13-14-20-23(22(19)26(33)29-6)28(35)31(21(15-32)16(3)8-2)25(20)27(34)30-24-17(4)11-9-12-18(24)5/h9,11-14,16,19-23,25,32H,7-8,10,15H2,1-6H3,(H,29,33)(H,30,34)/t16-,19+,20-,21-,22+,23+,25-/m0/s1. The second kappa shape index (κ2) is 11.4. The van der Waals surface area contributed by atoms with Gasteiger partial charge in [-0.25, -0.2) is 0 Å². The van der Waals surface area contributed by atoms with Crippen LogP contribution < -0.4 is 10.6 Å². The molecule has 1 aliphatic heterocycles. The van der Waals surface area contributed by atoms with Gasteiger partial charge in [-0.05, 0) is 43.2 Å². The summed E-state index contributed by atoms with van der Waals surface area (Å²) in [6, 6.07) is 4.52. The van der Waals surface area contributed by atoms with E-state index in [9.17, 15) is 19.5 Å². The van der Waals surface area contributed by atoms with E-state index in [4.69, 9.17) is 0 Å². The SMILES string of the molecule is CCC[C@@H]1C=C[C@H]2[C@@H](C(=O)N([C@@H](CO)[C@@H](C)CC)[C@@H]2C(=O)Nc2c(C)cccc2C)[C@@H]1C(=O)NC. The number of benzene rings is 1. The summed E-state index contributed by atoms with van der Waals surface area (Å²) in [4.78, 5) is 42.6. The van der Waals surface area contributed by atoms with Crippen molar-refractivity contribution in [2.24, 2.45) is 29.6 Å². The lowest BCUT2D eigenvalue weighted by Gasteiger charge is -2.36. The predicted octanol–water partition coefficient (Wildman–Crippen LogP) is 3.44. The summed E-state index contributed by atoms with van der Waals surface area (Å²) >= 11 is 0. The highest BCUT2D eigenvalue weighted by atomic mass is 16.3. The van der Waals surface area contributed by atoms with Crippen molar-refractivity contribution < 1.29 is 19.5 Å². The molecule has 1 heterocycles. The van der Waals surface area contributed by atoms with Crippen molar-refractivity contribution >= 4 is 23.4 Å². The zero-order valence-electron chi connectivity index (χ0n) is 21.9. The van der Waals surface area contributed by atoms with Crippen molar-refractivity contribution in [2.75, 3.05) is 19.0 Å². The molecule has 0 unspecified atom stereocenters. The Hall–Kier alpha value is -2.67. The van der Waals surface area contributed by atoms with Crippen molar-refractivity contribution in [1.82, 2.24) is 10.2 Å². The molecule has 3 N–H and O–H groups in total. The Morgan fingerprint density at radius 3 is 2.31 bits per heavy atom. The summed E-state index contributed by atoms with van der Waals surface area (Å²) < 4.78 is 0. The summed E-state index contributed by atoms with van der Waals surface area (Å²) in [6.07, 6.45) is 6.43.